The Morgan fingerprint density at radius 1 is 1.60 bits per heavy atom. The first-order chi connectivity index (χ1) is 7.25. The normalized spacial score (nSPS) is 20.5. The summed E-state index contributed by atoms with van der Waals surface area (Å²) in [4.78, 5) is 11.5. The number of halogens is 1. The molecule has 1 fully saturated rings. The first-order valence-corrected chi connectivity index (χ1v) is 5.66. The number of ether oxygens (including phenoxy) is 1. The van der Waals surface area contributed by atoms with E-state index in [-0.39, 0.29) is 5.91 Å². The molecule has 0 aromatic carbocycles. The number of hydrogen-bond acceptors (Lipinski definition) is 3. The maximum absolute atomic E-state index is 11.5. The minimum atomic E-state index is -0.174. The van der Waals surface area contributed by atoms with Crippen LogP contribution in [-0.4, -0.2) is 25.7 Å². The molecule has 1 saturated heterocycles. The number of hydrogen-bond donors (Lipinski definition) is 1. The molecule has 15 heavy (non-hydrogen) atoms. The van der Waals surface area contributed by atoms with Gasteiger partial charge in [0.25, 0.3) is 5.91 Å². The molecule has 2 rings (SSSR count). The van der Waals surface area contributed by atoms with Crippen molar-refractivity contribution in [3.05, 3.63) is 22.6 Å². The zero-order chi connectivity index (χ0) is 10.7. The van der Waals surface area contributed by atoms with Crippen molar-refractivity contribution in [2.75, 3.05) is 19.8 Å². The van der Waals surface area contributed by atoms with Crippen LogP contribution in [0.3, 0.4) is 0 Å². The lowest BCUT2D eigenvalue weighted by Crippen LogP contribution is -2.29. The van der Waals surface area contributed by atoms with Gasteiger partial charge in [-0.1, -0.05) is 0 Å². The maximum Gasteiger partial charge on any atom is 0.287 e. The van der Waals surface area contributed by atoms with Gasteiger partial charge in [-0.05, 0) is 34.5 Å². The van der Waals surface area contributed by atoms with Gasteiger partial charge in [0.1, 0.15) is 0 Å². The van der Waals surface area contributed by atoms with Crippen LogP contribution in [0.15, 0.2) is 21.2 Å². The SMILES string of the molecule is O=C(NC[C@@H]1CCOC1)c1ccc(Br)o1. The monoisotopic (exact) mass is 273 g/mol. The molecule has 1 N–H and O–H groups in total. The van der Waals surface area contributed by atoms with Crippen LogP contribution in [0.2, 0.25) is 0 Å². The van der Waals surface area contributed by atoms with Crippen molar-refractivity contribution < 1.29 is 13.9 Å². The van der Waals surface area contributed by atoms with Crippen LogP contribution in [0.4, 0.5) is 0 Å². The number of amides is 1. The van der Waals surface area contributed by atoms with E-state index in [2.05, 4.69) is 21.2 Å². The molecule has 0 bridgehead atoms. The summed E-state index contributed by atoms with van der Waals surface area (Å²) in [5.74, 6) is 0.598. The first-order valence-electron chi connectivity index (χ1n) is 4.87. The minimum absolute atomic E-state index is 0.174. The fourth-order valence-corrected chi connectivity index (χ4v) is 1.81. The van der Waals surface area contributed by atoms with Gasteiger partial charge in [-0.25, -0.2) is 0 Å². The van der Waals surface area contributed by atoms with Crippen molar-refractivity contribution in [3.8, 4) is 0 Å². The summed E-state index contributed by atoms with van der Waals surface area (Å²) >= 11 is 3.15. The van der Waals surface area contributed by atoms with Gasteiger partial charge in [0.05, 0.1) is 6.61 Å². The number of carbonyl (C=O) groups is 1. The van der Waals surface area contributed by atoms with Crippen molar-refractivity contribution in [2.24, 2.45) is 5.92 Å². The van der Waals surface area contributed by atoms with Crippen molar-refractivity contribution >= 4 is 21.8 Å². The molecule has 82 valence electrons. The third-order valence-corrected chi connectivity index (χ3v) is 2.80. The van der Waals surface area contributed by atoms with E-state index in [4.69, 9.17) is 9.15 Å². The number of carbonyl (C=O) groups excluding carboxylic acids is 1. The summed E-state index contributed by atoms with van der Waals surface area (Å²) in [5, 5.41) is 2.82. The zero-order valence-electron chi connectivity index (χ0n) is 8.16. The Balaban J connectivity index is 1.81. The van der Waals surface area contributed by atoms with Gasteiger partial charge in [0.15, 0.2) is 10.4 Å². The molecule has 1 aliphatic rings. The second-order valence-corrected chi connectivity index (χ2v) is 4.32. The standard InChI is InChI=1S/C10H12BrNO3/c11-9-2-1-8(15-9)10(13)12-5-7-3-4-14-6-7/h1-2,7H,3-6H2,(H,12,13)/t7-/m0/s1. The number of nitrogens with one attached hydrogen (secondary N) is 1. The van der Waals surface area contributed by atoms with Crippen LogP contribution in [0.1, 0.15) is 17.0 Å². The van der Waals surface area contributed by atoms with Gasteiger partial charge < -0.3 is 14.5 Å². The van der Waals surface area contributed by atoms with E-state index in [1.165, 1.54) is 0 Å². The molecular formula is C10H12BrNO3. The molecule has 1 atom stereocenters. The van der Waals surface area contributed by atoms with Gasteiger partial charge in [-0.15, -0.1) is 0 Å². The molecule has 0 saturated carbocycles. The van der Waals surface area contributed by atoms with E-state index < -0.39 is 0 Å². The Kier molecular flexibility index (Phi) is 3.43. The quantitative estimate of drug-likeness (QED) is 0.914. The molecule has 5 heteroatoms. The smallest absolute Gasteiger partial charge is 0.287 e. The molecule has 0 spiro atoms. The molecule has 0 unspecified atom stereocenters. The highest BCUT2D eigenvalue weighted by Crippen LogP contribution is 2.14. The van der Waals surface area contributed by atoms with E-state index in [9.17, 15) is 4.79 Å². The molecule has 1 aliphatic heterocycles. The lowest BCUT2D eigenvalue weighted by Gasteiger charge is -2.07. The van der Waals surface area contributed by atoms with E-state index in [1.54, 1.807) is 12.1 Å². The predicted molar refractivity (Wildman–Crippen MR) is 57.7 cm³/mol. The van der Waals surface area contributed by atoms with E-state index in [0.717, 1.165) is 19.6 Å². The fraction of sp³-hybridized carbons (Fsp3) is 0.500. The van der Waals surface area contributed by atoms with Crippen molar-refractivity contribution in [3.63, 3.8) is 0 Å². The van der Waals surface area contributed by atoms with Crippen molar-refractivity contribution in [1.82, 2.24) is 5.32 Å². The van der Waals surface area contributed by atoms with Gasteiger partial charge >= 0.3 is 0 Å². The molecule has 0 radical (unpaired) electrons. The van der Waals surface area contributed by atoms with E-state index in [0.29, 0.717) is 22.9 Å². The lowest BCUT2D eigenvalue weighted by molar-refractivity contribution is 0.0916. The molecule has 1 amide bonds. The molecule has 1 aromatic heterocycles. The predicted octanol–water partition coefficient (Wildman–Crippen LogP) is 1.81. The highest BCUT2D eigenvalue weighted by Gasteiger charge is 2.17. The molecule has 0 aliphatic carbocycles. The third kappa shape index (κ3) is 2.82. The molecule has 1 aromatic rings. The van der Waals surface area contributed by atoms with Crippen LogP contribution in [0.5, 0.6) is 0 Å². The summed E-state index contributed by atoms with van der Waals surface area (Å²) in [7, 11) is 0. The minimum Gasteiger partial charge on any atom is -0.444 e. The maximum atomic E-state index is 11.5. The van der Waals surface area contributed by atoms with Crippen molar-refractivity contribution in [1.29, 1.82) is 0 Å². The summed E-state index contributed by atoms with van der Waals surface area (Å²) < 4.78 is 10.9. The Morgan fingerprint density at radius 2 is 2.47 bits per heavy atom. The second-order valence-electron chi connectivity index (χ2n) is 3.54. The fourth-order valence-electron chi connectivity index (χ4n) is 1.50. The topological polar surface area (TPSA) is 51.5 Å². The second kappa shape index (κ2) is 4.81. The summed E-state index contributed by atoms with van der Waals surface area (Å²) in [6.45, 7) is 2.19. The molecule has 2 heterocycles. The Labute approximate surface area is 96.1 Å². The van der Waals surface area contributed by atoms with Crippen LogP contribution in [0.25, 0.3) is 0 Å². The van der Waals surface area contributed by atoms with Gasteiger partial charge in [-0.3, -0.25) is 4.79 Å². The average molecular weight is 274 g/mol. The Morgan fingerprint density at radius 3 is 3.07 bits per heavy atom. The molecular weight excluding hydrogens is 262 g/mol. The van der Waals surface area contributed by atoms with Gasteiger partial charge in [0, 0.05) is 19.1 Å². The van der Waals surface area contributed by atoms with Crippen LogP contribution in [-0.2, 0) is 4.74 Å². The van der Waals surface area contributed by atoms with Gasteiger partial charge in [-0.2, -0.15) is 0 Å². The van der Waals surface area contributed by atoms with E-state index >= 15 is 0 Å². The Hall–Kier alpha value is -0.810. The lowest BCUT2D eigenvalue weighted by atomic mass is 10.1. The first kappa shape index (κ1) is 10.7. The number of rotatable bonds is 3. The highest BCUT2D eigenvalue weighted by molar-refractivity contribution is 9.10. The summed E-state index contributed by atoms with van der Waals surface area (Å²) in [5.41, 5.74) is 0. The van der Waals surface area contributed by atoms with Crippen molar-refractivity contribution in [2.45, 2.75) is 6.42 Å². The largest absolute Gasteiger partial charge is 0.444 e. The van der Waals surface area contributed by atoms with Crippen LogP contribution in [0, 0.1) is 5.92 Å². The summed E-state index contributed by atoms with van der Waals surface area (Å²) in [6.07, 6.45) is 1.02. The van der Waals surface area contributed by atoms with Crippen LogP contribution >= 0.6 is 15.9 Å². The van der Waals surface area contributed by atoms with Gasteiger partial charge in [0.2, 0.25) is 0 Å². The summed E-state index contributed by atoms with van der Waals surface area (Å²) in [6, 6.07) is 3.35. The average Bonchev–Trinajstić information content (AvgIpc) is 2.84. The number of furan rings is 1. The van der Waals surface area contributed by atoms with Crippen LogP contribution < -0.4 is 5.32 Å². The zero-order valence-corrected chi connectivity index (χ0v) is 9.75. The highest BCUT2D eigenvalue weighted by atomic mass is 79.9. The Bertz CT molecular complexity index is 344. The molecule has 4 nitrogen and oxygen atoms in total. The third-order valence-electron chi connectivity index (χ3n) is 2.37. The van der Waals surface area contributed by atoms with E-state index in [1.807, 2.05) is 0 Å².